The van der Waals surface area contributed by atoms with Crippen LogP contribution in [0.5, 0.6) is 0 Å². The van der Waals surface area contributed by atoms with E-state index < -0.39 is 0 Å². The van der Waals surface area contributed by atoms with Crippen LogP contribution in [0.25, 0.3) is 0 Å². The van der Waals surface area contributed by atoms with Crippen LogP contribution in [0, 0.1) is 5.92 Å². The molecule has 0 bridgehead atoms. The number of rotatable bonds is 1. The van der Waals surface area contributed by atoms with Crippen molar-refractivity contribution in [1.29, 1.82) is 0 Å². The van der Waals surface area contributed by atoms with Gasteiger partial charge in [0.1, 0.15) is 0 Å². The molecule has 0 aromatic carbocycles. The summed E-state index contributed by atoms with van der Waals surface area (Å²) in [7, 11) is 0. The van der Waals surface area contributed by atoms with Gasteiger partial charge in [0.15, 0.2) is 0 Å². The standard InChI is InChI=1S/C13H19N3O/c1-9-3-4-10(2)16(8-9)13(17)11-5-6-15-7-12(11)14/h5-7,9-10H,3-4,8,14H2,1-2H3. The zero-order valence-corrected chi connectivity index (χ0v) is 10.4. The minimum absolute atomic E-state index is 0.0314. The molecule has 0 aliphatic carbocycles. The van der Waals surface area contributed by atoms with Crippen molar-refractivity contribution in [2.75, 3.05) is 12.3 Å². The van der Waals surface area contributed by atoms with Crippen LogP contribution < -0.4 is 5.73 Å². The van der Waals surface area contributed by atoms with Crippen LogP contribution in [0.3, 0.4) is 0 Å². The maximum Gasteiger partial charge on any atom is 0.256 e. The lowest BCUT2D eigenvalue weighted by Gasteiger charge is -2.37. The van der Waals surface area contributed by atoms with Crippen LogP contribution in [0.4, 0.5) is 5.69 Å². The lowest BCUT2D eigenvalue weighted by atomic mass is 9.94. The number of anilines is 1. The summed E-state index contributed by atoms with van der Waals surface area (Å²) in [6, 6.07) is 2.00. The van der Waals surface area contributed by atoms with Crippen LogP contribution in [0.1, 0.15) is 37.0 Å². The first-order chi connectivity index (χ1) is 8.09. The first kappa shape index (κ1) is 11.9. The summed E-state index contributed by atoms with van der Waals surface area (Å²) >= 11 is 0. The maximum absolute atomic E-state index is 12.4. The Balaban J connectivity index is 2.22. The van der Waals surface area contributed by atoms with Crippen LogP contribution in [0.2, 0.25) is 0 Å². The second kappa shape index (κ2) is 4.73. The van der Waals surface area contributed by atoms with Crippen molar-refractivity contribution in [1.82, 2.24) is 9.88 Å². The maximum atomic E-state index is 12.4. The van der Waals surface area contributed by atoms with Crippen molar-refractivity contribution in [3.8, 4) is 0 Å². The van der Waals surface area contributed by atoms with Crippen molar-refractivity contribution >= 4 is 11.6 Å². The van der Waals surface area contributed by atoms with Crippen molar-refractivity contribution in [2.45, 2.75) is 32.7 Å². The minimum Gasteiger partial charge on any atom is -0.397 e. The van der Waals surface area contributed by atoms with E-state index in [1.807, 2.05) is 4.90 Å². The number of nitrogens with two attached hydrogens (primary N) is 1. The van der Waals surface area contributed by atoms with E-state index in [1.54, 1.807) is 12.3 Å². The molecule has 2 N–H and O–H groups in total. The van der Waals surface area contributed by atoms with Gasteiger partial charge in [-0.05, 0) is 31.7 Å². The van der Waals surface area contributed by atoms with Gasteiger partial charge in [0.25, 0.3) is 5.91 Å². The van der Waals surface area contributed by atoms with Gasteiger partial charge in [0, 0.05) is 18.8 Å². The Morgan fingerprint density at radius 2 is 2.24 bits per heavy atom. The molecule has 0 radical (unpaired) electrons. The highest BCUT2D eigenvalue weighted by molar-refractivity contribution is 5.99. The number of carbonyl (C=O) groups excluding carboxylic acids is 1. The number of nitrogen functional groups attached to an aromatic ring is 1. The Hall–Kier alpha value is -1.58. The predicted molar refractivity (Wildman–Crippen MR) is 67.5 cm³/mol. The highest BCUT2D eigenvalue weighted by Gasteiger charge is 2.28. The number of nitrogens with zero attached hydrogens (tertiary/aromatic N) is 2. The lowest BCUT2D eigenvalue weighted by molar-refractivity contribution is 0.0575. The van der Waals surface area contributed by atoms with Crippen molar-refractivity contribution in [2.24, 2.45) is 5.92 Å². The Morgan fingerprint density at radius 1 is 1.47 bits per heavy atom. The number of carbonyl (C=O) groups is 1. The number of amides is 1. The van der Waals surface area contributed by atoms with E-state index in [0.29, 0.717) is 23.2 Å². The van der Waals surface area contributed by atoms with Crippen LogP contribution in [0.15, 0.2) is 18.5 Å². The fourth-order valence-electron chi connectivity index (χ4n) is 2.33. The third-order valence-electron chi connectivity index (χ3n) is 3.46. The van der Waals surface area contributed by atoms with E-state index in [4.69, 9.17) is 5.73 Å². The first-order valence-electron chi connectivity index (χ1n) is 6.10. The molecule has 2 unspecified atom stereocenters. The summed E-state index contributed by atoms with van der Waals surface area (Å²) in [6.45, 7) is 5.10. The molecule has 1 aromatic heterocycles. The molecular weight excluding hydrogens is 214 g/mol. The molecular formula is C13H19N3O. The zero-order valence-electron chi connectivity index (χ0n) is 10.4. The number of aromatic nitrogens is 1. The smallest absolute Gasteiger partial charge is 0.256 e. The molecule has 92 valence electrons. The predicted octanol–water partition coefficient (Wildman–Crippen LogP) is 1.92. The molecule has 0 saturated carbocycles. The summed E-state index contributed by atoms with van der Waals surface area (Å²) in [5, 5.41) is 0. The Morgan fingerprint density at radius 3 is 2.94 bits per heavy atom. The molecule has 17 heavy (non-hydrogen) atoms. The van der Waals surface area contributed by atoms with Gasteiger partial charge in [0.05, 0.1) is 17.4 Å². The molecule has 1 aromatic rings. The third-order valence-corrected chi connectivity index (χ3v) is 3.46. The highest BCUT2D eigenvalue weighted by atomic mass is 16.2. The lowest BCUT2D eigenvalue weighted by Crippen LogP contribution is -2.45. The molecule has 4 nitrogen and oxygen atoms in total. The van der Waals surface area contributed by atoms with Crippen molar-refractivity contribution in [3.63, 3.8) is 0 Å². The normalized spacial score (nSPS) is 24.7. The summed E-state index contributed by atoms with van der Waals surface area (Å²) in [4.78, 5) is 18.2. The molecule has 1 aliphatic heterocycles. The van der Waals surface area contributed by atoms with E-state index in [0.717, 1.165) is 13.0 Å². The number of pyridine rings is 1. The van der Waals surface area contributed by atoms with E-state index in [-0.39, 0.29) is 5.91 Å². The summed E-state index contributed by atoms with van der Waals surface area (Å²) < 4.78 is 0. The van der Waals surface area contributed by atoms with Crippen LogP contribution in [-0.2, 0) is 0 Å². The van der Waals surface area contributed by atoms with Gasteiger partial charge in [-0.15, -0.1) is 0 Å². The summed E-state index contributed by atoms with van der Waals surface area (Å²) in [5.74, 6) is 0.599. The van der Waals surface area contributed by atoms with Crippen LogP contribution in [-0.4, -0.2) is 28.4 Å². The highest BCUT2D eigenvalue weighted by Crippen LogP contribution is 2.24. The second-order valence-electron chi connectivity index (χ2n) is 4.95. The largest absolute Gasteiger partial charge is 0.397 e. The van der Waals surface area contributed by atoms with E-state index in [9.17, 15) is 4.79 Å². The first-order valence-corrected chi connectivity index (χ1v) is 6.10. The Bertz CT molecular complexity index is 419. The molecule has 4 heteroatoms. The number of hydrogen-bond donors (Lipinski definition) is 1. The van der Waals surface area contributed by atoms with Gasteiger partial charge in [-0.1, -0.05) is 6.92 Å². The van der Waals surface area contributed by atoms with E-state index >= 15 is 0 Å². The average molecular weight is 233 g/mol. The zero-order chi connectivity index (χ0) is 12.4. The van der Waals surface area contributed by atoms with Crippen molar-refractivity contribution in [3.05, 3.63) is 24.0 Å². The molecule has 2 atom stereocenters. The molecule has 0 spiro atoms. The van der Waals surface area contributed by atoms with E-state index in [1.165, 1.54) is 12.6 Å². The Labute approximate surface area is 102 Å². The molecule has 1 saturated heterocycles. The molecule has 2 rings (SSSR count). The fourth-order valence-corrected chi connectivity index (χ4v) is 2.33. The molecule has 1 fully saturated rings. The monoisotopic (exact) mass is 233 g/mol. The minimum atomic E-state index is 0.0314. The van der Waals surface area contributed by atoms with Gasteiger partial charge in [-0.25, -0.2) is 0 Å². The molecule has 2 heterocycles. The SMILES string of the molecule is CC1CCC(C)N(C(=O)c2ccncc2N)C1. The number of hydrogen-bond acceptors (Lipinski definition) is 3. The van der Waals surface area contributed by atoms with Crippen LogP contribution >= 0.6 is 0 Å². The second-order valence-corrected chi connectivity index (χ2v) is 4.95. The van der Waals surface area contributed by atoms with Gasteiger partial charge in [-0.2, -0.15) is 0 Å². The van der Waals surface area contributed by atoms with Gasteiger partial charge in [-0.3, -0.25) is 9.78 Å². The third kappa shape index (κ3) is 2.40. The van der Waals surface area contributed by atoms with Gasteiger partial charge >= 0.3 is 0 Å². The van der Waals surface area contributed by atoms with E-state index in [2.05, 4.69) is 18.8 Å². The topological polar surface area (TPSA) is 59.2 Å². The van der Waals surface area contributed by atoms with Crippen molar-refractivity contribution < 1.29 is 4.79 Å². The molecule has 1 amide bonds. The van der Waals surface area contributed by atoms with Gasteiger partial charge in [0.2, 0.25) is 0 Å². The quantitative estimate of drug-likeness (QED) is 0.806. The van der Waals surface area contributed by atoms with Gasteiger partial charge < -0.3 is 10.6 Å². The average Bonchev–Trinajstić information content (AvgIpc) is 2.32. The number of likely N-dealkylation sites (tertiary alicyclic amines) is 1. The molecule has 1 aliphatic rings. The fraction of sp³-hybridized carbons (Fsp3) is 0.538. The Kier molecular flexibility index (Phi) is 3.31. The number of piperidine rings is 1. The summed E-state index contributed by atoms with van der Waals surface area (Å²) in [5.41, 5.74) is 6.83. The summed E-state index contributed by atoms with van der Waals surface area (Å²) in [6.07, 6.45) is 5.40.